The quantitative estimate of drug-likeness (QED) is 0.765. The molecule has 0 saturated carbocycles. The van der Waals surface area contributed by atoms with E-state index in [1.54, 1.807) is 0 Å². The minimum atomic E-state index is 0.750. The van der Waals surface area contributed by atoms with Crippen LogP contribution in [-0.2, 0) is 20.0 Å². The standard InChI is InChI=1S/C21H33N5/c1-17-8-5-6-10-20(17)11-13-26-12-7-9-19(15-26)14-24(3)16-21-22-18(2)23-25(21)4/h5-6,8,10,19H,7,9,11-16H2,1-4H3/t19-/m0/s1. The van der Waals surface area contributed by atoms with E-state index in [9.17, 15) is 0 Å². The molecule has 1 aliphatic heterocycles. The van der Waals surface area contributed by atoms with Crippen LogP contribution < -0.4 is 0 Å². The summed E-state index contributed by atoms with van der Waals surface area (Å²) in [4.78, 5) is 9.58. The lowest BCUT2D eigenvalue weighted by Gasteiger charge is -2.34. The Hall–Kier alpha value is -1.72. The van der Waals surface area contributed by atoms with Crippen LogP contribution >= 0.6 is 0 Å². The number of benzene rings is 1. The number of rotatable bonds is 7. The van der Waals surface area contributed by atoms with E-state index in [-0.39, 0.29) is 0 Å². The number of piperidine rings is 1. The van der Waals surface area contributed by atoms with Gasteiger partial charge in [0, 0.05) is 26.7 Å². The molecule has 5 heteroatoms. The Kier molecular flexibility index (Phi) is 6.43. The zero-order chi connectivity index (χ0) is 18.5. The lowest BCUT2D eigenvalue weighted by Crippen LogP contribution is -2.41. The highest BCUT2D eigenvalue weighted by molar-refractivity contribution is 5.25. The maximum Gasteiger partial charge on any atom is 0.147 e. The van der Waals surface area contributed by atoms with Crippen molar-refractivity contribution in [2.24, 2.45) is 13.0 Å². The topological polar surface area (TPSA) is 37.2 Å². The Bertz CT molecular complexity index is 708. The van der Waals surface area contributed by atoms with Gasteiger partial charge in [-0.3, -0.25) is 9.58 Å². The molecule has 0 N–H and O–H groups in total. The minimum Gasteiger partial charge on any atom is -0.303 e. The maximum absolute atomic E-state index is 4.53. The summed E-state index contributed by atoms with van der Waals surface area (Å²) >= 11 is 0. The molecule has 0 amide bonds. The van der Waals surface area contributed by atoms with Gasteiger partial charge >= 0.3 is 0 Å². The second-order valence-corrected chi connectivity index (χ2v) is 7.88. The van der Waals surface area contributed by atoms with Crippen LogP contribution in [0.3, 0.4) is 0 Å². The molecule has 5 nitrogen and oxygen atoms in total. The highest BCUT2D eigenvalue weighted by Gasteiger charge is 2.21. The van der Waals surface area contributed by atoms with Crippen molar-refractivity contribution in [3.8, 4) is 0 Å². The number of aromatic nitrogens is 3. The van der Waals surface area contributed by atoms with Crippen LogP contribution in [0.15, 0.2) is 24.3 Å². The first-order chi connectivity index (χ1) is 12.5. The van der Waals surface area contributed by atoms with E-state index < -0.39 is 0 Å². The molecule has 0 aliphatic carbocycles. The van der Waals surface area contributed by atoms with Crippen LogP contribution in [0.2, 0.25) is 0 Å². The summed E-state index contributed by atoms with van der Waals surface area (Å²) in [7, 11) is 4.19. The summed E-state index contributed by atoms with van der Waals surface area (Å²) in [5, 5.41) is 4.35. The van der Waals surface area contributed by atoms with Crippen molar-refractivity contribution in [1.82, 2.24) is 24.6 Å². The van der Waals surface area contributed by atoms with Gasteiger partial charge in [0.15, 0.2) is 0 Å². The zero-order valence-corrected chi connectivity index (χ0v) is 16.8. The molecule has 1 aromatic carbocycles. The fourth-order valence-corrected chi connectivity index (χ4v) is 4.11. The SMILES string of the molecule is Cc1nc(CN(C)C[C@@H]2CCCN(CCc3ccccc3C)C2)n(C)n1. The highest BCUT2D eigenvalue weighted by Crippen LogP contribution is 2.19. The lowest BCUT2D eigenvalue weighted by molar-refractivity contribution is 0.141. The fraction of sp³-hybridized carbons (Fsp3) is 0.619. The van der Waals surface area contributed by atoms with Gasteiger partial charge in [-0.2, -0.15) is 5.10 Å². The van der Waals surface area contributed by atoms with Crippen molar-refractivity contribution in [3.05, 3.63) is 47.0 Å². The molecule has 1 aliphatic rings. The Morgan fingerprint density at radius 1 is 1.23 bits per heavy atom. The first-order valence-corrected chi connectivity index (χ1v) is 9.83. The third-order valence-electron chi connectivity index (χ3n) is 5.50. The van der Waals surface area contributed by atoms with Crippen LogP contribution in [0.4, 0.5) is 0 Å². The van der Waals surface area contributed by atoms with E-state index >= 15 is 0 Å². The van der Waals surface area contributed by atoms with Crippen LogP contribution in [0.25, 0.3) is 0 Å². The third-order valence-corrected chi connectivity index (χ3v) is 5.50. The molecular formula is C21H33N5. The average molecular weight is 356 g/mol. The van der Waals surface area contributed by atoms with Gasteiger partial charge in [-0.25, -0.2) is 4.98 Å². The smallest absolute Gasteiger partial charge is 0.147 e. The van der Waals surface area contributed by atoms with E-state index in [1.165, 1.54) is 43.6 Å². The van der Waals surface area contributed by atoms with Gasteiger partial charge in [0.1, 0.15) is 11.6 Å². The van der Waals surface area contributed by atoms with Gasteiger partial charge in [0.25, 0.3) is 0 Å². The predicted molar refractivity (Wildman–Crippen MR) is 106 cm³/mol. The number of likely N-dealkylation sites (tertiary alicyclic amines) is 1. The van der Waals surface area contributed by atoms with Crippen molar-refractivity contribution < 1.29 is 0 Å². The van der Waals surface area contributed by atoms with Crippen molar-refractivity contribution in [2.45, 2.75) is 39.7 Å². The lowest BCUT2D eigenvalue weighted by atomic mass is 9.96. The van der Waals surface area contributed by atoms with Gasteiger partial charge in [-0.15, -0.1) is 0 Å². The summed E-state index contributed by atoms with van der Waals surface area (Å²) < 4.78 is 1.90. The third kappa shape index (κ3) is 5.15. The normalized spacial score (nSPS) is 18.6. The molecule has 0 unspecified atom stereocenters. The van der Waals surface area contributed by atoms with Crippen LogP contribution in [0.5, 0.6) is 0 Å². The largest absolute Gasteiger partial charge is 0.303 e. The number of nitrogens with zero attached hydrogens (tertiary/aromatic N) is 5. The molecule has 1 fully saturated rings. The average Bonchev–Trinajstić information content (AvgIpc) is 2.91. The molecule has 0 spiro atoms. The number of hydrogen-bond acceptors (Lipinski definition) is 4. The molecule has 142 valence electrons. The van der Waals surface area contributed by atoms with Crippen molar-refractivity contribution in [3.63, 3.8) is 0 Å². The molecule has 1 saturated heterocycles. The van der Waals surface area contributed by atoms with E-state index in [4.69, 9.17) is 0 Å². The Balaban J connectivity index is 1.47. The van der Waals surface area contributed by atoms with Crippen LogP contribution in [-0.4, -0.2) is 57.8 Å². The zero-order valence-electron chi connectivity index (χ0n) is 16.8. The van der Waals surface area contributed by atoms with Gasteiger partial charge < -0.3 is 4.90 Å². The first kappa shape index (κ1) is 19.1. The monoisotopic (exact) mass is 355 g/mol. The molecular weight excluding hydrogens is 322 g/mol. The molecule has 1 aromatic heterocycles. The summed E-state index contributed by atoms with van der Waals surface area (Å²) in [6.45, 7) is 9.81. The van der Waals surface area contributed by atoms with Crippen LogP contribution in [0.1, 0.15) is 35.6 Å². The first-order valence-electron chi connectivity index (χ1n) is 9.83. The van der Waals surface area contributed by atoms with E-state index in [0.29, 0.717) is 0 Å². The van der Waals surface area contributed by atoms with Crippen molar-refractivity contribution >= 4 is 0 Å². The molecule has 26 heavy (non-hydrogen) atoms. The van der Waals surface area contributed by atoms with E-state index in [1.807, 2.05) is 18.7 Å². The molecule has 1 atom stereocenters. The minimum absolute atomic E-state index is 0.750. The van der Waals surface area contributed by atoms with Crippen molar-refractivity contribution in [1.29, 1.82) is 0 Å². The molecule has 0 bridgehead atoms. The van der Waals surface area contributed by atoms with Gasteiger partial charge in [0.2, 0.25) is 0 Å². The predicted octanol–water partition coefficient (Wildman–Crippen LogP) is 2.82. The summed E-state index contributed by atoms with van der Waals surface area (Å²) in [6.07, 6.45) is 3.81. The summed E-state index contributed by atoms with van der Waals surface area (Å²) in [5.41, 5.74) is 2.91. The van der Waals surface area contributed by atoms with Gasteiger partial charge in [-0.05, 0) is 63.7 Å². The van der Waals surface area contributed by atoms with Gasteiger partial charge in [-0.1, -0.05) is 24.3 Å². The van der Waals surface area contributed by atoms with Gasteiger partial charge in [0.05, 0.1) is 6.54 Å². The number of aryl methyl sites for hydroxylation is 3. The second-order valence-electron chi connectivity index (χ2n) is 7.88. The fourth-order valence-electron chi connectivity index (χ4n) is 4.11. The Morgan fingerprint density at radius 3 is 2.77 bits per heavy atom. The summed E-state index contributed by atoms with van der Waals surface area (Å²) in [5.74, 6) is 2.66. The number of hydrogen-bond donors (Lipinski definition) is 0. The van der Waals surface area contributed by atoms with E-state index in [2.05, 4.69) is 58.1 Å². The van der Waals surface area contributed by atoms with Crippen LogP contribution in [0, 0.1) is 19.8 Å². The molecule has 2 heterocycles. The van der Waals surface area contributed by atoms with Crippen molar-refractivity contribution in [2.75, 3.05) is 33.2 Å². The molecule has 2 aromatic rings. The Morgan fingerprint density at radius 2 is 2.04 bits per heavy atom. The maximum atomic E-state index is 4.53. The Labute approximate surface area is 158 Å². The second kappa shape index (κ2) is 8.78. The summed E-state index contributed by atoms with van der Waals surface area (Å²) in [6, 6.07) is 8.78. The molecule has 3 rings (SSSR count). The molecule has 0 radical (unpaired) electrons. The van der Waals surface area contributed by atoms with E-state index in [0.717, 1.165) is 37.1 Å². The highest BCUT2D eigenvalue weighted by atomic mass is 15.3.